The Morgan fingerprint density at radius 1 is 1.27 bits per heavy atom. The highest BCUT2D eigenvalue weighted by molar-refractivity contribution is 6.15. The van der Waals surface area contributed by atoms with Gasteiger partial charge in [0.15, 0.2) is 0 Å². The Hall–Kier alpha value is -0.563. The molecule has 0 N–H and O–H groups in total. The van der Waals surface area contributed by atoms with Crippen LogP contribution >= 0.6 is 0 Å². The van der Waals surface area contributed by atoms with Gasteiger partial charge in [0.25, 0.3) is 0 Å². The number of benzene rings is 1. The number of hydrogen-bond donors (Lipinski definition) is 0. The minimum Gasteiger partial charge on any atom is -0.0649 e. The molecular weight excluding hydrogens is 148 g/mol. The molecule has 1 unspecified atom stereocenters. The molecule has 0 amide bonds. The van der Waals surface area contributed by atoms with Gasteiger partial charge in [0.05, 0.1) is 0 Å². The molecule has 1 heteroatoms. The van der Waals surface area contributed by atoms with Crippen LogP contribution in [0.15, 0.2) is 30.3 Å². The summed E-state index contributed by atoms with van der Waals surface area (Å²) in [5.74, 6) is 0. The average molecular weight is 164 g/mol. The zero-order valence-corrected chi connectivity index (χ0v) is 9.59. The van der Waals surface area contributed by atoms with Crippen LogP contribution in [-0.4, -0.2) is 10.2 Å². The van der Waals surface area contributed by atoms with Crippen molar-refractivity contribution in [3.05, 3.63) is 35.9 Å². The molecule has 0 fully saturated rings. The monoisotopic (exact) mass is 164 g/mol. The maximum atomic E-state index is 2.34. The minimum atomic E-state index is 0.473. The van der Waals surface area contributed by atoms with Gasteiger partial charge in [0.2, 0.25) is 0 Å². The quantitative estimate of drug-likeness (QED) is 0.583. The van der Waals surface area contributed by atoms with E-state index in [1.165, 1.54) is 22.2 Å². The predicted octanol–water partition coefficient (Wildman–Crippen LogP) is 1.68. The first kappa shape index (κ1) is 8.53. The molecule has 1 atom stereocenters. The summed E-state index contributed by atoms with van der Waals surface area (Å²) in [6, 6.07) is 10.8. The van der Waals surface area contributed by atoms with Gasteiger partial charge < -0.3 is 0 Å². The molecule has 0 radical (unpaired) electrons. The fraction of sp³-hybridized carbons (Fsp3) is 0.400. The zero-order chi connectivity index (χ0) is 8.32. The van der Waals surface area contributed by atoms with E-state index in [1.54, 1.807) is 0 Å². The van der Waals surface area contributed by atoms with Crippen molar-refractivity contribution in [1.82, 2.24) is 0 Å². The first-order valence-electron chi connectivity index (χ1n) is 4.22. The van der Waals surface area contributed by atoms with Crippen molar-refractivity contribution in [2.45, 2.75) is 25.3 Å². The molecule has 0 aliphatic rings. The molecule has 0 heterocycles. The SMILES string of the molecule is CCC(C)([SiH3])c1ccccc1. The Balaban J connectivity index is 2.93. The normalized spacial score (nSPS) is 16.2. The second kappa shape index (κ2) is 3.22. The van der Waals surface area contributed by atoms with Crippen LogP contribution in [0.25, 0.3) is 0 Å². The lowest BCUT2D eigenvalue weighted by atomic mass is 9.97. The lowest BCUT2D eigenvalue weighted by Crippen LogP contribution is -2.20. The third kappa shape index (κ3) is 1.93. The summed E-state index contributed by atoms with van der Waals surface area (Å²) >= 11 is 0. The van der Waals surface area contributed by atoms with Gasteiger partial charge in [-0.3, -0.25) is 0 Å². The molecule has 0 aliphatic carbocycles. The van der Waals surface area contributed by atoms with Crippen molar-refractivity contribution in [3.63, 3.8) is 0 Å². The second-order valence-electron chi connectivity index (χ2n) is 3.60. The highest BCUT2D eigenvalue weighted by Gasteiger charge is 2.16. The Morgan fingerprint density at radius 2 is 1.82 bits per heavy atom. The van der Waals surface area contributed by atoms with Crippen molar-refractivity contribution >= 4 is 10.2 Å². The summed E-state index contributed by atoms with van der Waals surface area (Å²) in [4.78, 5) is 0. The topological polar surface area (TPSA) is 0 Å². The molecule has 0 bridgehead atoms. The summed E-state index contributed by atoms with van der Waals surface area (Å²) in [5.41, 5.74) is 1.49. The fourth-order valence-corrected chi connectivity index (χ4v) is 1.43. The van der Waals surface area contributed by atoms with E-state index in [-0.39, 0.29) is 0 Å². The molecule has 0 saturated carbocycles. The number of rotatable bonds is 2. The van der Waals surface area contributed by atoms with E-state index in [0.29, 0.717) is 5.04 Å². The van der Waals surface area contributed by atoms with E-state index in [9.17, 15) is 0 Å². The Labute approximate surface area is 72.1 Å². The average Bonchev–Trinajstić information content (AvgIpc) is 2.06. The third-order valence-corrected chi connectivity index (χ3v) is 3.72. The maximum Gasteiger partial charge on any atom is 0.0158 e. The Bertz CT molecular complexity index is 214. The molecule has 60 valence electrons. The van der Waals surface area contributed by atoms with Crippen molar-refractivity contribution in [3.8, 4) is 0 Å². The van der Waals surface area contributed by atoms with Gasteiger partial charge >= 0.3 is 0 Å². The van der Waals surface area contributed by atoms with E-state index in [2.05, 4.69) is 44.2 Å². The largest absolute Gasteiger partial charge is 0.0649 e. The van der Waals surface area contributed by atoms with Crippen LogP contribution in [0.4, 0.5) is 0 Å². The summed E-state index contributed by atoms with van der Waals surface area (Å²) < 4.78 is 0. The maximum absolute atomic E-state index is 2.34. The summed E-state index contributed by atoms with van der Waals surface area (Å²) in [6.07, 6.45) is 1.25. The first-order chi connectivity index (χ1) is 5.17. The molecule has 11 heavy (non-hydrogen) atoms. The van der Waals surface area contributed by atoms with Gasteiger partial charge in [-0.1, -0.05) is 50.6 Å². The van der Waals surface area contributed by atoms with Crippen LogP contribution in [0.1, 0.15) is 25.8 Å². The van der Waals surface area contributed by atoms with Crippen LogP contribution in [0.2, 0.25) is 0 Å². The van der Waals surface area contributed by atoms with Crippen molar-refractivity contribution in [1.29, 1.82) is 0 Å². The first-order valence-corrected chi connectivity index (χ1v) is 5.22. The van der Waals surface area contributed by atoms with E-state index in [0.717, 1.165) is 0 Å². The van der Waals surface area contributed by atoms with Crippen molar-refractivity contribution in [2.24, 2.45) is 0 Å². The molecule has 0 nitrogen and oxygen atoms in total. The second-order valence-corrected chi connectivity index (χ2v) is 5.81. The molecule has 1 aromatic rings. The fourth-order valence-electron chi connectivity index (χ4n) is 1.09. The Kier molecular flexibility index (Phi) is 2.50. The molecule has 1 aromatic carbocycles. The summed E-state index contributed by atoms with van der Waals surface area (Å²) in [6.45, 7) is 4.61. The van der Waals surface area contributed by atoms with Crippen molar-refractivity contribution < 1.29 is 0 Å². The van der Waals surface area contributed by atoms with Gasteiger partial charge in [-0.05, 0) is 10.6 Å². The minimum absolute atomic E-state index is 0.473. The van der Waals surface area contributed by atoms with Crippen LogP contribution in [0, 0.1) is 0 Å². The molecule has 0 spiro atoms. The molecule has 0 aromatic heterocycles. The molecular formula is C10H16Si. The summed E-state index contributed by atoms with van der Waals surface area (Å²) in [5, 5.41) is 0.473. The number of hydrogen-bond acceptors (Lipinski definition) is 0. The highest BCUT2D eigenvalue weighted by Crippen LogP contribution is 2.22. The van der Waals surface area contributed by atoms with Gasteiger partial charge in [0, 0.05) is 10.2 Å². The van der Waals surface area contributed by atoms with Gasteiger partial charge in [-0.25, -0.2) is 0 Å². The molecule has 1 rings (SSSR count). The van der Waals surface area contributed by atoms with Crippen LogP contribution < -0.4 is 0 Å². The van der Waals surface area contributed by atoms with E-state index < -0.39 is 0 Å². The van der Waals surface area contributed by atoms with Crippen molar-refractivity contribution in [2.75, 3.05) is 0 Å². The standard InChI is InChI=1S/C10H16Si/c1-3-10(2,11)9-7-5-4-6-8-9/h4-8H,3H2,1-2,11H3. The summed E-state index contributed by atoms with van der Waals surface area (Å²) in [7, 11) is 1.24. The van der Waals surface area contributed by atoms with E-state index in [1.807, 2.05) is 0 Å². The molecule has 0 aliphatic heterocycles. The van der Waals surface area contributed by atoms with Gasteiger partial charge in [-0.2, -0.15) is 0 Å². The Morgan fingerprint density at radius 3 is 2.27 bits per heavy atom. The zero-order valence-electron chi connectivity index (χ0n) is 7.59. The highest BCUT2D eigenvalue weighted by atomic mass is 28.1. The van der Waals surface area contributed by atoms with E-state index >= 15 is 0 Å². The van der Waals surface area contributed by atoms with E-state index in [4.69, 9.17) is 0 Å². The van der Waals surface area contributed by atoms with Crippen LogP contribution in [-0.2, 0) is 5.04 Å². The lowest BCUT2D eigenvalue weighted by molar-refractivity contribution is 0.649. The van der Waals surface area contributed by atoms with Gasteiger partial charge in [0.1, 0.15) is 0 Å². The van der Waals surface area contributed by atoms with Crippen LogP contribution in [0.3, 0.4) is 0 Å². The van der Waals surface area contributed by atoms with Crippen LogP contribution in [0.5, 0.6) is 0 Å². The predicted molar refractivity (Wildman–Crippen MR) is 54.0 cm³/mol. The lowest BCUT2D eigenvalue weighted by Gasteiger charge is -2.22. The smallest absolute Gasteiger partial charge is 0.0158 e. The third-order valence-electron chi connectivity index (χ3n) is 2.44. The molecule has 0 saturated heterocycles. The van der Waals surface area contributed by atoms with Gasteiger partial charge in [-0.15, -0.1) is 0 Å².